The Bertz CT molecular complexity index is 742. The van der Waals surface area contributed by atoms with Crippen LogP contribution in [0.2, 0.25) is 0 Å². The van der Waals surface area contributed by atoms with Crippen LogP contribution in [0, 0.1) is 0 Å². The number of hydrogen-bond acceptors (Lipinski definition) is 5. The van der Waals surface area contributed by atoms with Crippen LogP contribution in [-0.4, -0.2) is 29.4 Å². The van der Waals surface area contributed by atoms with Crippen molar-refractivity contribution in [1.82, 2.24) is 9.97 Å². The topological polar surface area (TPSA) is 133 Å². The van der Waals surface area contributed by atoms with E-state index in [4.69, 9.17) is 10.9 Å². The van der Waals surface area contributed by atoms with Crippen LogP contribution in [-0.2, 0) is 10.0 Å². The average Bonchev–Trinajstić information content (AvgIpc) is 2.95. The second-order valence-corrected chi connectivity index (χ2v) is 6.21. The van der Waals surface area contributed by atoms with Crippen molar-refractivity contribution in [2.45, 2.75) is 5.03 Å². The summed E-state index contributed by atoms with van der Waals surface area (Å²) in [6.07, 6.45) is 2.46. The van der Waals surface area contributed by atoms with E-state index in [9.17, 15) is 8.42 Å². The van der Waals surface area contributed by atoms with Gasteiger partial charge in [0.1, 0.15) is 0 Å². The van der Waals surface area contributed by atoms with Gasteiger partial charge in [0, 0.05) is 10.0 Å². The van der Waals surface area contributed by atoms with Crippen LogP contribution < -0.4 is 10.5 Å². The van der Waals surface area contributed by atoms with Crippen LogP contribution in [0.4, 0.5) is 5.69 Å². The number of amidine groups is 1. The molecule has 0 saturated heterocycles. The number of sulfonamides is 1. The molecule has 0 spiro atoms. The summed E-state index contributed by atoms with van der Waals surface area (Å²) in [7, 11) is -3.74. The van der Waals surface area contributed by atoms with Gasteiger partial charge in [0.25, 0.3) is 10.0 Å². The van der Waals surface area contributed by atoms with Crippen molar-refractivity contribution >= 4 is 37.5 Å². The van der Waals surface area contributed by atoms with Gasteiger partial charge in [-0.2, -0.15) is 8.42 Å². The molecule has 1 aromatic carbocycles. The Morgan fingerprint density at radius 3 is 2.80 bits per heavy atom. The largest absolute Gasteiger partial charge is 0.409 e. The first-order valence-corrected chi connectivity index (χ1v) is 7.50. The van der Waals surface area contributed by atoms with E-state index in [2.05, 4.69) is 35.8 Å². The molecule has 0 aliphatic carbocycles. The molecule has 10 heteroatoms. The molecule has 106 valence electrons. The first kappa shape index (κ1) is 14.3. The van der Waals surface area contributed by atoms with E-state index in [0.29, 0.717) is 15.7 Å². The molecule has 8 nitrogen and oxygen atoms in total. The lowest BCUT2D eigenvalue weighted by Crippen LogP contribution is -2.15. The van der Waals surface area contributed by atoms with Gasteiger partial charge in [-0.05, 0) is 34.1 Å². The lowest BCUT2D eigenvalue weighted by Gasteiger charge is -2.09. The summed E-state index contributed by atoms with van der Waals surface area (Å²) in [5.74, 6) is -0.0753. The van der Waals surface area contributed by atoms with Gasteiger partial charge in [0.05, 0.1) is 18.2 Å². The number of nitrogens with zero attached hydrogens (tertiary/aromatic N) is 2. The number of nitrogens with two attached hydrogens (primary N) is 1. The quantitative estimate of drug-likeness (QED) is 0.280. The average molecular weight is 360 g/mol. The predicted octanol–water partition coefficient (Wildman–Crippen LogP) is 1.07. The van der Waals surface area contributed by atoms with E-state index >= 15 is 0 Å². The Morgan fingerprint density at radius 2 is 2.25 bits per heavy atom. The maximum atomic E-state index is 12.0. The SMILES string of the molecule is N/C(=N/O)c1ccc(NS(=O)(=O)c2cnc[nH]2)c(Br)c1. The minimum Gasteiger partial charge on any atom is -0.409 e. The van der Waals surface area contributed by atoms with Gasteiger partial charge in [-0.1, -0.05) is 5.16 Å². The van der Waals surface area contributed by atoms with Gasteiger partial charge in [-0.15, -0.1) is 0 Å². The number of halogens is 1. The Morgan fingerprint density at radius 1 is 1.50 bits per heavy atom. The van der Waals surface area contributed by atoms with Crippen LogP contribution in [0.15, 0.2) is 45.4 Å². The highest BCUT2D eigenvalue weighted by molar-refractivity contribution is 9.10. The van der Waals surface area contributed by atoms with Crippen molar-refractivity contribution in [3.05, 3.63) is 40.8 Å². The number of aromatic nitrogens is 2. The fourth-order valence-electron chi connectivity index (χ4n) is 1.40. The summed E-state index contributed by atoms with van der Waals surface area (Å²) in [5, 5.41) is 11.4. The molecule has 0 fully saturated rings. The molecule has 0 amide bonds. The molecular weight excluding hydrogens is 350 g/mol. The van der Waals surface area contributed by atoms with Crippen molar-refractivity contribution < 1.29 is 13.6 Å². The normalized spacial score (nSPS) is 12.3. The third-order valence-corrected chi connectivity index (χ3v) is 4.33. The zero-order valence-electron chi connectivity index (χ0n) is 9.91. The number of anilines is 1. The van der Waals surface area contributed by atoms with Crippen LogP contribution >= 0.6 is 15.9 Å². The lowest BCUT2D eigenvalue weighted by atomic mass is 10.2. The predicted molar refractivity (Wildman–Crippen MR) is 76.0 cm³/mol. The van der Waals surface area contributed by atoms with Gasteiger partial charge < -0.3 is 15.9 Å². The standard InChI is InChI=1S/C10H10BrN5O3S/c11-7-3-6(10(12)15-17)1-2-8(7)16-20(18,19)9-4-13-5-14-9/h1-5,16-17H,(H2,12,15)(H,13,14). The summed E-state index contributed by atoms with van der Waals surface area (Å²) in [5.41, 5.74) is 6.21. The second kappa shape index (κ2) is 5.51. The zero-order valence-corrected chi connectivity index (χ0v) is 12.3. The molecule has 5 N–H and O–H groups in total. The summed E-state index contributed by atoms with van der Waals surface area (Å²) in [4.78, 5) is 6.16. The number of aromatic amines is 1. The number of oxime groups is 1. The summed E-state index contributed by atoms with van der Waals surface area (Å²) < 4.78 is 26.8. The summed E-state index contributed by atoms with van der Waals surface area (Å²) in [6, 6.07) is 4.54. The second-order valence-electron chi connectivity index (χ2n) is 3.70. The van der Waals surface area contributed by atoms with Crippen molar-refractivity contribution in [2.24, 2.45) is 10.9 Å². The van der Waals surface area contributed by atoms with Gasteiger partial charge in [-0.25, -0.2) is 4.98 Å². The minimum atomic E-state index is -3.74. The number of rotatable bonds is 4. The maximum absolute atomic E-state index is 12.0. The van der Waals surface area contributed by atoms with E-state index in [1.54, 1.807) is 0 Å². The van der Waals surface area contributed by atoms with Crippen molar-refractivity contribution in [3.63, 3.8) is 0 Å². The van der Waals surface area contributed by atoms with Gasteiger partial charge in [-0.3, -0.25) is 4.72 Å². The third kappa shape index (κ3) is 2.91. The molecule has 2 rings (SSSR count). The Kier molecular flexibility index (Phi) is 3.95. The number of H-pyrrole nitrogens is 1. The number of nitrogens with one attached hydrogen (secondary N) is 2. The first-order chi connectivity index (χ1) is 9.44. The highest BCUT2D eigenvalue weighted by atomic mass is 79.9. The lowest BCUT2D eigenvalue weighted by molar-refractivity contribution is 0.318. The fraction of sp³-hybridized carbons (Fsp3) is 0. The van der Waals surface area contributed by atoms with E-state index in [1.165, 1.54) is 30.7 Å². The molecule has 0 aliphatic heterocycles. The van der Waals surface area contributed by atoms with E-state index in [-0.39, 0.29) is 10.9 Å². The molecule has 0 atom stereocenters. The molecule has 20 heavy (non-hydrogen) atoms. The fourth-order valence-corrected chi connectivity index (χ4v) is 3.00. The highest BCUT2D eigenvalue weighted by Crippen LogP contribution is 2.25. The van der Waals surface area contributed by atoms with E-state index in [1.807, 2.05) is 0 Å². The zero-order chi connectivity index (χ0) is 14.8. The van der Waals surface area contributed by atoms with Crippen LogP contribution in [0.25, 0.3) is 0 Å². The molecule has 0 saturated carbocycles. The van der Waals surface area contributed by atoms with Gasteiger partial charge in [0.2, 0.25) is 0 Å². The Balaban J connectivity index is 2.32. The summed E-state index contributed by atoms with van der Waals surface area (Å²) in [6.45, 7) is 0. The molecule has 0 radical (unpaired) electrons. The van der Waals surface area contributed by atoms with Crippen LogP contribution in [0.1, 0.15) is 5.56 Å². The molecule has 1 heterocycles. The van der Waals surface area contributed by atoms with E-state index in [0.717, 1.165) is 0 Å². The molecule has 0 aliphatic rings. The monoisotopic (exact) mass is 359 g/mol. The number of benzene rings is 1. The van der Waals surface area contributed by atoms with Crippen LogP contribution in [0.3, 0.4) is 0 Å². The minimum absolute atomic E-state index is 0.0510. The molecule has 0 bridgehead atoms. The molecule has 0 unspecified atom stereocenters. The number of imidazole rings is 1. The van der Waals surface area contributed by atoms with Gasteiger partial charge >= 0.3 is 0 Å². The van der Waals surface area contributed by atoms with Crippen molar-refractivity contribution in [2.75, 3.05) is 4.72 Å². The van der Waals surface area contributed by atoms with Gasteiger partial charge in [0.15, 0.2) is 10.9 Å². The maximum Gasteiger partial charge on any atom is 0.279 e. The van der Waals surface area contributed by atoms with Crippen molar-refractivity contribution in [1.29, 1.82) is 0 Å². The van der Waals surface area contributed by atoms with Crippen molar-refractivity contribution in [3.8, 4) is 0 Å². The van der Waals surface area contributed by atoms with E-state index < -0.39 is 10.0 Å². The summed E-state index contributed by atoms with van der Waals surface area (Å²) >= 11 is 3.22. The Hall–Kier alpha value is -2.07. The molecular formula is C10H10BrN5O3S. The molecule has 1 aromatic heterocycles. The smallest absolute Gasteiger partial charge is 0.279 e. The number of hydrogen-bond donors (Lipinski definition) is 4. The molecule has 2 aromatic rings. The first-order valence-electron chi connectivity index (χ1n) is 5.22. The highest BCUT2D eigenvalue weighted by Gasteiger charge is 2.17. The third-order valence-electron chi connectivity index (χ3n) is 2.38. The Labute approximate surface area is 122 Å². The van der Waals surface area contributed by atoms with Crippen LogP contribution in [0.5, 0.6) is 0 Å².